The predicted molar refractivity (Wildman–Crippen MR) is 60.1 cm³/mol. The Morgan fingerprint density at radius 1 is 0.857 bits per heavy atom. The second-order valence-electron chi connectivity index (χ2n) is 6.47. The van der Waals surface area contributed by atoms with Gasteiger partial charge in [-0.1, -0.05) is 19.8 Å². The van der Waals surface area contributed by atoms with E-state index in [2.05, 4.69) is 6.92 Å². The van der Waals surface area contributed by atoms with E-state index in [1.54, 1.807) is 38.5 Å². The third kappa shape index (κ3) is 1.51. The minimum atomic E-state index is 0.768. The molecule has 0 heteroatoms. The summed E-state index contributed by atoms with van der Waals surface area (Å²) in [6.07, 6.45) is 14.0. The molecule has 80 valence electrons. The van der Waals surface area contributed by atoms with Crippen LogP contribution in [-0.2, 0) is 0 Å². The lowest BCUT2D eigenvalue weighted by Crippen LogP contribution is -2.37. The molecule has 0 aliphatic heterocycles. The maximum absolute atomic E-state index is 2.58. The van der Waals surface area contributed by atoms with Gasteiger partial charge in [-0.15, -0.1) is 0 Å². The van der Waals surface area contributed by atoms with Crippen molar-refractivity contribution in [2.24, 2.45) is 23.2 Å². The first-order valence-electron chi connectivity index (χ1n) is 6.78. The van der Waals surface area contributed by atoms with Crippen molar-refractivity contribution in [1.29, 1.82) is 0 Å². The van der Waals surface area contributed by atoms with Gasteiger partial charge >= 0.3 is 0 Å². The van der Waals surface area contributed by atoms with Crippen LogP contribution in [0, 0.1) is 23.2 Å². The summed E-state index contributed by atoms with van der Waals surface area (Å²) in [5.74, 6) is 3.42. The van der Waals surface area contributed by atoms with Crippen LogP contribution in [-0.4, -0.2) is 0 Å². The number of fused-ring (bicyclic) bond motifs is 1. The first-order valence-corrected chi connectivity index (χ1v) is 6.78. The number of hydrogen-bond acceptors (Lipinski definition) is 0. The second-order valence-corrected chi connectivity index (χ2v) is 6.47. The van der Waals surface area contributed by atoms with Crippen molar-refractivity contribution in [2.45, 2.75) is 64.7 Å². The molecule has 0 radical (unpaired) electrons. The van der Waals surface area contributed by atoms with Gasteiger partial charge in [0.15, 0.2) is 0 Å². The van der Waals surface area contributed by atoms with Gasteiger partial charge < -0.3 is 0 Å². The van der Waals surface area contributed by atoms with Crippen molar-refractivity contribution in [3.8, 4) is 0 Å². The Bertz CT molecular complexity index is 216. The van der Waals surface area contributed by atoms with Crippen LogP contribution in [0.4, 0.5) is 0 Å². The van der Waals surface area contributed by atoms with Crippen molar-refractivity contribution < 1.29 is 0 Å². The predicted octanol–water partition coefficient (Wildman–Crippen LogP) is 4.39. The summed E-state index contributed by atoms with van der Waals surface area (Å²) in [6, 6.07) is 0. The van der Waals surface area contributed by atoms with Gasteiger partial charge in [0, 0.05) is 0 Å². The molecule has 0 bridgehead atoms. The van der Waals surface area contributed by atoms with Gasteiger partial charge in [0.2, 0.25) is 0 Å². The maximum atomic E-state index is 2.58. The van der Waals surface area contributed by atoms with Gasteiger partial charge in [0.25, 0.3) is 0 Å². The summed E-state index contributed by atoms with van der Waals surface area (Å²) in [6.45, 7) is 2.58. The molecule has 0 amide bonds. The molecule has 3 rings (SSSR count). The first kappa shape index (κ1) is 9.24. The van der Waals surface area contributed by atoms with Gasteiger partial charge in [-0.3, -0.25) is 0 Å². The Morgan fingerprint density at radius 2 is 1.71 bits per heavy atom. The fourth-order valence-electron chi connectivity index (χ4n) is 4.20. The van der Waals surface area contributed by atoms with E-state index in [0.29, 0.717) is 0 Å². The summed E-state index contributed by atoms with van der Waals surface area (Å²) < 4.78 is 0. The zero-order valence-electron chi connectivity index (χ0n) is 9.60. The molecular weight excluding hydrogens is 168 g/mol. The van der Waals surface area contributed by atoms with Crippen LogP contribution in [0.15, 0.2) is 0 Å². The summed E-state index contributed by atoms with van der Waals surface area (Å²) in [5.41, 5.74) is 0.768. The standard InChI is InChI=1S/C14H24/c1-14-8-3-2-4-13(14)10-12(7-9-14)11-5-6-11/h11-13H,2-10H2,1H3. The molecule has 0 saturated heterocycles. The lowest BCUT2D eigenvalue weighted by Gasteiger charge is -2.48. The molecule has 3 saturated carbocycles. The largest absolute Gasteiger partial charge is 0.0594 e. The summed E-state index contributed by atoms with van der Waals surface area (Å²) >= 11 is 0. The van der Waals surface area contributed by atoms with E-state index >= 15 is 0 Å². The van der Waals surface area contributed by atoms with E-state index in [9.17, 15) is 0 Å². The van der Waals surface area contributed by atoms with E-state index in [1.807, 2.05) is 0 Å². The number of rotatable bonds is 1. The molecular formula is C14H24. The average molecular weight is 192 g/mol. The van der Waals surface area contributed by atoms with Crippen LogP contribution in [0.3, 0.4) is 0 Å². The van der Waals surface area contributed by atoms with Crippen molar-refractivity contribution >= 4 is 0 Å². The molecule has 3 aliphatic rings. The van der Waals surface area contributed by atoms with E-state index in [1.165, 1.54) is 25.2 Å². The molecule has 3 fully saturated rings. The van der Waals surface area contributed by atoms with Crippen molar-refractivity contribution in [2.75, 3.05) is 0 Å². The third-order valence-corrected chi connectivity index (χ3v) is 5.50. The molecule has 0 aromatic rings. The summed E-state index contributed by atoms with van der Waals surface area (Å²) in [7, 11) is 0. The highest BCUT2D eigenvalue weighted by molar-refractivity contribution is 4.95. The Balaban J connectivity index is 1.69. The van der Waals surface area contributed by atoms with Crippen molar-refractivity contribution in [3.05, 3.63) is 0 Å². The van der Waals surface area contributed by atoms with Crippen LogP contribution in [0.1, 0.15) is 64.7 Å². The highest BCUT2D eigenvalue weighted by atomic mass is 14.5. The van der Waals surface area contributed by atoms with E-state index in [0.717, 1.165) is 17.3 Å². The van der Waals surface area contributed by atoms with Crippen LogP contribution in [0.5, 0.6) is 0 Å². The molecule has 0 N–H and O–H groups in total. The average Bonchev–Trinajstić information content (AvgIpc) is 3.00. The molecule has 14 heavy (non-hydrogen) atoms. The topological polar surface area (TPSA) is 0 Å². The normalized spacial score (nSPS) is 48.6. The summed E-state index contributed by atoms with van der Waals surface area (Å²) in [4.78, 5) is 0. The molecule has 0 aromatic carbocycles. The Hall–Kier alpha value is 0. The minimum absolute atomic E-state index is 0.768. The molecule has 0 heterocycles. The SMILES string of the molecule is CC12CCCCC1CC(C1CC1)CC2. The Labute approximate surface area is 88.5 Å². The highest BCUT2D eigenvalue weighted by Gasteiger charge is 2.44. The van der Waals surface area contributed by atoms with Crippen LogP contribution in [0.25, 0.3) is 0 Å². The number of hydrogen-bond donors (Lipinski definition) is 0. The smallest absolute Gasteiger partial charge is 0.0297 e. The highest BCUT2D eigenvalue weighted by Crippen LogP contribution is 2.55. The zero-order valence-corrected chi connectivity index (χ0v) is 9.60. The van der Waals surface area contributed by atoms with E-state index < -0.39 is 0 Å². The van der Waals surface area contributed by atoms with Gasteiger partial charge in [0.05, 0.1) is 0 Å². The molecule has 0 nitrogen and oxygen atoms in total. The van der Waals surface area contributed by atoms with Crippen LogP contribution in [0.2, 0.25) is 0 Å². The van der Waals surface area contributed by atoms with Gasteiger partial charge in [0.1, 0.15) is 0 Å². The lowest BCUT2D eigenvalue weighted by atomic mass is 9.58. The Kier molecular flexibility index (Phi) is 2.15. The van der Waals surface area contributed by atoms with Gasteiger partial charge in [-0.2, -0.15) is 0 Å². The first-order chi connectivity index (χ1) is 6.78. The monoisotopic (exact) mass is 192 g/mol. The molecule has 3 unspecified atom stereocenters. The zero-order chi connectivity index (χ0) is 9.60. The van der Waals surface area contributed by atoms with E-state index in [-0.39, 0.29) is 0 Å². The quantitative estimate of drug-likeness (QED) is 0.578. The van der Waals surface area contributed by atoms with E-state index in [4.69, 9.17) is 0 Å². The van der Waals surface area contributed by atoms with Gasteiger partial charge in [-0.25, -0.2) is 0 Å². The third-order valence-electron chi connectivity index (χ3n) is 5.50. The lowest BCUT2D eigenvalue weighted by molar-refractivity contribution is 0.0314. The van der Waals surface area contributed by atoms with Gasteiger partial charge in [-0.05, 0) is 68.1 Å². The van der Waals surface area contributed by atoms with Crippen molar-refractivity contribution in [3.63, 3.8) is 0 Å². The molecule has 3 aliphatic carbocycles. The molecule has 0 aromatic heterocycles. The Morgan fingerprint density at radius 3 is 2.50 bits per heavy atom. The fourth-order valence-corrected chi connectivity index (χ4v) is 4.20. The second kappa shape index (κ2) is 3.25. The summed E-state index contributed by atoms with van der Waals surface area (Å²) in [5, 5.41) is 0. The fraction of sp³-hybridized carbons (Fsp3) is 1.00. The molecule has 3 atom stereocenters. The minimum Gasteiger partial charge on any atom is -0.0594 e. The van der Waals surface area contributed by atoms with Crippen LogP contribution < -0.4 is 0 Å². The molecule has 0 spiro atoms. The van der Waals surface area contributed by atoms with Crippen LogP contribution >= 0.6 is 0 Å². The van der Waals surface area contributed by atoms with Crippen molar-refractivity contribution in [1.82, 2.24) is 0 Å². The maximum Gasteiger partial charge on any atom is -0.0297 e.